The number of rotatable bonds is 2. The lowest BCUT2D eigenvalue weighted by molar-refractivity contribution is -0.112. The number of Topliss-reactive ketones (excluding diaryl/α,β-unsaturated/α-hetero) is 1. The zero-order valence-corrected chi connectivity index (χ0v) is 14.4. The summed E-state index contributed by atoms with van der Waals surface area (Å²) in [4.78, 5) is 28.1. The molecule has 0 aliphatic heterocycles. The quantitative estimate of drug-likeness (QED) is 0.342. The van der Waals surface area contributed by atoms with E-state index in [1.165, 1.54) is 24.3 Å². The average molecular weight is 374 g/mol. The van der Waals surface area contributed by atoms with Crippen LogP contribution >= 0.6 is 34.8 Å². The fourth-order valence-electron chi connectivity index (χ4n) is 1.83. The first-order chi connectivity index (χ1) is 10.8. The van der Waals surface area contributed by atoms with Gasteiger partial charge in [0, 0.05) is 0 Å². The van der Waals surface area contributed by atoms with Crippen LogP contribution in [0.2, 0.25) is 15.1 Å². The molecule has 2 rings (SSSR count). The number of amides is 1. The zero-order valence-electron chi connectivity index (χ0n) is 12.1. The van der Waals surface area contributed by atoms with Crippen molar-refractivity contribution in [3.63, 3.8) is 0 Å². The van der Waals surface area contributed by atoms with Crippen molar-refractivity contribution in [2.75, 3.05) is 5.32 Å². The number of hydrogen-bond donors (Lipinski definition) is 1. The summed E-state index contributed by atoms with van der Waals surface area (Å²) in [7, 11) is 0. The van der Waals surface area contributed by atoms with E-state index in [1.54, 1.807) is 13.8 Å². The number of halogens is 3. The fraction of sp³-hybridized carbons (Fsp3) is 0.133. The zero-order chi connectivity index (χ0) is 17.1. The van der Waals surface area contributed by atoms with Gasteiger partial charge in [-0.15, -0.1) is 0 Å². The van der Waals surface area contributed by atoms with Crippen molar-refractivity contribution >= 4 is 58.1 Å². The summed E-state index contributed by atoms with van der Waals surface area (Å²) >= 11 is 17.6. The first-order valence-electron chi connectivity index (χ1n) is 6.39. The van der Waals surface area contributed by atoms with Crippen molar-refractivity contribution in [2.24, 2.45) is 5.16 Å². The third-order valence-electron chi connectivity index (χ3n) is 2.93. The molecule has 1 aliphatic carbocycles. The highest BCUT2D eigenvalue weighted by Crippen LogP contribution is 2.32. The Balaban J connectivity index is 2.08. The Morgan fingerprint density at radius 1 is 1.04 bits per heavy atom. The summed E-state index contributed by atoms with van der Waals surface area (Å²) in [6.45, 7) is 3.31. The number of benzene rings is 1. The van der Waals surface area contributed by atoms with Crippen LogP contribution in [0.5, 0.6) is 0 Å². The van der Waals surface area contributed by atoms with Gasteiger partial charge in [0.15, 0.2) is 5.78 Å². The van der Waals surface area contributed by atoms with Gasteiger partial charge in [-0.3, -0.25) is 14.9 Å². The van der Waals surface area contributed by atoms with E-state index in [1.807, 2.05) is 0 Å². The molecule has 8 heteroatoms. The molecule has 23 heavy (non-hydrogen) atoms. The van der Waals surface area contributed by atoms with Gasteiger partial charge >= 0.3 is 6.09 Å². The first-order valence-corrected chi connectivity index (χ1v) is 7.53. The smallest absolute Gasteiger partial charge is 0.297 e. The van der Waals surface area contributed by atoms with E-state index in [9.17, 15) is 9.59 Å². The van der Waals surface area contributed by atoms with Gasteiger partial charge in [0.25, 0.3) is 0 Å². The van der Waals surface area contributed by atoms with Crippen molar-refractivity contribution in [3.05, 3.63) is 50.5 Å². The molecular weight excluding hydrogens is 363 g/mol. The number of ketones is 1. The van der Waals surface area contributed by atoms with E-state index in [0.717, 1.165) is 0 Å². The molecule has 1 amide bonds. The molecule has 0 aromatic heterocycles. The van der Waals surface area contributed by atoms with Gasteiger partial charge in [-0.1, -0.05) is 40.0 Å². The van der Waals surface area contributed by atoms with Gasteiger partial charge in [0.1, 0.15) is 5.71 Å². The van der Waals surface area contributed by atoms with Crippen molar-refractivity contribution < 1.29 is 14.4 Å². The Kier molecular flexibility index (Phi) is 5.46. The van der Waals surface area contributed by atoms with Crippen LogP contribution in [-0.4, -0.2) is 17.6 Å². The maximum atomic E-state index is 11.7. The molecule has 1 aliphatic rings. The highest BCUT2D eigenvalue weighted by Gasteiger charge is 2.15. The third-order valence-corrected chi connectivity index (χ3v) is 3.96. The van der Waals surface area contributed by atoms with Gasteiger partial charge in [-0.25, -0.2) is 4.79 Å². The number of carbonyl (C=O) groups is 2. The number of hydrogen-bond acceptors (Lipinski definition) is 4. The minimum atomic E-state index is -0.855. The Bertz CT molecular complexity index is 758. The molecule has 0 heterocycles. The molecule has 5 nitrogen and oxygen atoms in total. The minimum absolute atomic E-state index is 0.0732. The van der Waals surface area contributed by atoms with Crippen LogP contribution in [0.1, 0.15) is 13.8 Å². The first kappa shape index (κ1) is 17.5. The van der Waals surface area contributed by atoms with Gasteiger partial charge < -0.3 is 0 Å². The van der Waals surface area contributed by atoms with Crippen LogP contribution in [-0.2, 0) is 9.63 Å². The molecule has 0 fully saturated rings. The van der Waals surface area contributed by atoms with Gasteiger partial charge in [-0.05, 0) is 49.3 Å². The van der Waals surface area contributed by atoms with Crippen LogP contribution in [0, 0.1) is 0 Å². The molecule has 0 bridgehead atoms. The van der Waals surface area contributed by atoms with Crippen LogP contribution < -0.4 is 5.32 Å². The highest BCUT2D eigenvalue weighted by atomic mass is 35.5. The summed E-state index contributed by atoms with van der Waals surface area (Å²) in [5, 5.41) is 6.79. The molecule has 0 saturated heterocycles. The molecule has 0 radical (unpaired) electrons. The number of nitrogens with zero attached hydrogens (tertiary/aromatic N) is 1. The van der Waals surface area contributed by atoms with Crippen molar-refractivity contribution in [2.45, 2.75) is 13.8 Å². The highest BCUT2D eigenvalue weighted by molar-refractivity contribution is 6.44. The normalized spacial score (nSPS) is 14.1. The fourth-order valence-corrected chi connectivity index (χ4v) is 2.42. The predicted octanol–water partition coefficient (Wildman–Crippen LogP) is 5.03. The Hall–Kier alpha value is -1.82. The summed E-state index contributed by atoms with van der Waals surface area (Å²) in [6.07, 6.45) is 2.19. The van der Waals surface area contributed by atoms with E-state index < -0.39 is 6.09 Å². The molecule has 0 unspecified atom stereocenters. The second-order valence-electron chi connectivity index (χ2n) is 4.75. The number of carbonyl (C=O) groups excluding carboxylic acids is 2. The van der Waals surface area contributed by atoms with Crippen molar-refractivity contribution in [1.29, 1.82) is 0 Å². The molecular formula is C15H11Cl3N2O3. The topological polar surface area (TPSA) is 67.8 Å². The molecule has 1 aromatic rings. The maximum Gasteiger partial charge on any atom is 0.437 e. The Morgan fingerprint density at radius 3 is 2.22 bits per heavy atom. The molecule has 0 spiro atoms. The van der Waals surface area contributed by atoms with Crippen LogP contribution in [0.15, 0.2) is 40.6 Å². The van der Waals surface area contributed by atoms with E-state index >= 15 is 0 Å². The minimum Gasteiger partial charge on any atom is -0.297 e. The standard InChI is InChI=1S/C15H11Cl3N2O3/c1-7-3-9(4-8(2)14(7)21)20-23-15(22)19-13-6-11(17)10(16)5-12(13)18/h3-6H,1-2H3,(H,19,22). The number of nitrogens with one attached hydrogen (secondary N) is 1. The van der Waals surface area contributed by atoms with Crippen molar-refractivity contribution in [1.82, 2.24) is 0 Å². The Morgan fingerprint density at radius 2 is 1.61 bits per heavy atom. The van der Waals surface area contributed by atoms with Crippen LogP contribution in [0.4, 0.5) is 10.5 Å². The van der Waals surface area contributed by atoms with E-state index in [4.69, 9.17) is 39.6 Å². The lowest BCUT2D eigenvalue weighted by atomic mass is 9.98. The number of allylic oxidation sites excluding steroid dienone is 4. The molecule has 0 saturated carbocycles. The summed E-state index contributed by atoms with van der Waals surface area (Å²) in [5.74, 6) is -0.0732. The Labute approximate surface area is 147 Å². The molecule has 0 atom stereocenters. The van der Waals surface area contributed by atoms with Gasteiger partial charge in [0.2, 0.25) is 0 Å². The number of oxime groups is 1. The number of anilines is 1. The second kappa shape index (κ2) is 7.17. The monoisotopic (exact) mass is 372 g/mol. The van der Waals surface area contributed by atoms with Crippen molar-refractivity contribution in [3.8, 4) is 0 Å². The van der Waals surface area contributed by atoms with Crippen LogP contribution in [0.3, 0.4) is 0 Å². The summed E-state index contributed by atoms with van der Waals surface area (Å²) in [6, 6.07) is 2.80. The SMILES string of the molecule is CC1=CC(=NOC(=O)Nc2cc(Cl)c(Cl)cc2Cl)C=C(C)C1=O. The summed E-state index contributed by atoms with van der Waals surface area (Å²) in [5.41, 5.74) is 1.62. The lowest BCUT2D eigenvalue weighted by Crippen LogP contribution is -2.14. The van der Waals surface area contributed by atoms with Crippen LogP contribution in [0.25, 0.3) is 0 Å². The lowest BCUT2D eigenvalue weighted by Gasteiger charge is -2.09. The van der Waals surface area contributed by atoms with E-state index in [0.29, 0.717) is 16.9 Å². The average Bonchev–Trinajstić information content (AvgIpc) is 2.48. The molecule has 1 aromatic carbocycles. The van der Waals surface area contributed by atoms with Gasteiger partial charge in [0.05, 0.1) is 20.8 Å². The predicted molar refractivity (Wildman–Crippen MR) is 91.5 cm³/mol. The summed E-state index contributed by atoms with van der Waals surface area (Å²) < 4.78 is 0. The maximum absolute atomic E-state index is 11.7. The second-order valence-corrected chi connectivity index (χ2v) is 5.97. The van der Waals surface area contributed by atoms with E-state index in [-0.39, 0.29) is 26.5 Å². The van der Waals surface area contributed by atoms with E-state index in [2.05, 4.69) is 10.5 Å². The van der Waals surface area contributed by atoms with Gasteiger partial charge in [-0.2, -0.15) is 0 Å². The largest absolute Gasteiger partial charge is 0.437 e. The molecule has 1 N–H and O–H groups in total. The molecule has 120 valence electrons. The third kappa shape index (κ3) is 4.34.